The third-order valence-electron chi connectivity index (χ3n) is 2.62. The highest BCUT2D eigenvalue weighted by Crippen LogP contribution is 2.28. The molecular weight excluding hydrogens is 218 g/mol. The zero-order chi connectivity index (χ0) is 11.5. The first-order chi connectivity index (χ1) is 7.74. The minimum atomic E-state index is 0.0236. The van der Waals surface area contributed by atoms with Gasteiger partial charge in [0.05, 0.1) is 12.3 Å². The zero-order valence-corrected chi connectivity index (χ0v) is 10.3. The molecular formula is C13H15NOS. The van der Waals surface area contributed by atoms with Crippen LogP contribution in [0.3, 0.4) is 0 Å². The van der Waals surface area contributed by atoms with E-state index in [0.29, 0.717) is 0 Å². The van der Waals surface area contributed by atoms with Crippen molar-refractivity contribution < 1.29 is 5.11 Å². The van der Waals surface area contributed by atoms with E-state index in [1.54, 1.807) is 11.3 Å². The van der Waals surface area contributed by atoms with Gasteiger partial charge in [-0.1, -0.05) is 25.1 Å². The molecule has 1 heterocycles. The lowest BCUT2D eigenvalue weighted by Gasteiger charge is -1.99. The van der Waals surface area contributed by atoms with Crippen LogP contribution in [-0.2, 0) is 13.0 Å². The topological polar surface area (TPSA) is 33.1 Å². The third kappa shape index (κ3) is 2.15. The molecule has 0 saturated carbocycles. The second kappa shape index (κ2) is 4.76. The highest BCUT2D eigenvalue weighted by Gasteiger charge is 2.08. The summed E-state index contributed by atoms with van der Waals surface area (Å²) in [7, 11) is 0. The van der Waals surface area contributed by atoms with Crippen molar-refractivity contribution in [1.82, 2.24) is 4.98 Å². The molecule has 1 aromatic carbocycles. The maximum atomic E-state index is 9.12. The van der Waals surface area contributed by atoms with Gasteiger partial charge in [0.15, 0.2) is 0 Å². The number of hydrogen-bond donors (Lipinski definition) is 1. The molecule has 2 aromatic rings. The van der Waals surface area contributed by atoms with Gasteiger partial charge < -0.3 is 5.11 Å². The Balaban J connectivity index is 2.41. The molecule has 0 unspecified atom stereocenters. The van der Waals surface area contributed by atoms with Crippen molar-refractivity contribution in [3.05, 3.63) is 40.4 Å². The summed E-state index contributed by atoms with van der Waals surface area (Å²) in [5.74, 6) is 0. The molecule has 2 nitrogen and oxygen atoms in total. The number of aliphatic hydroxyl groups excluding tert-OH is 1. The first kappa shape index (κ1) is 11.3. The molecule has 0 fully saturated rings. The Morgan fingerprint density at radius 3 is 2.81 bits per heavy atom. The molecule has 0 amide bonds. The largest absolute Gasteiger partial charge is 0.390 e. The second-order valence-electron chi connectivity index (χ2n) is 3.73. The zero-order valence-electron chi connectivity index (χ0n) is 9.53. The molecule has 1 aromatic heterocycles. The van der Waals surface area contributed by atoms with Crippen molar-refractivity contribution in [1.29, 1.82) is 0 Å². The summed E-state index contributed by atoms with van der Waals surface area (Å²) in [5, 5.41) is 10.1. The molecule has 84 valence electrons. The molecule has 0 aliphatic heterocycles. The van der Waals surface area contributed by atoms with E-state index >= 15 is 0 Å². The fourth-order valence-corrected chi connectivity index (χ4v) is 2.54. The van der Waals surface area contributed by atoms with Crippen LogP contribution in [0.15, 0.2) is 24.3 Å². The van der Waals surface area contributed by atoms with E-state index in [9.17, 15) is 0 Å². The summed E-state index contributed by atoms with van der Waals surface area (Å²) >= 11 is 1.64. The minimum absolute atomic E-state index is 0.0236. The van der Waals surface area contributed by atoms with Crippen LogP contribution in [0.25, 0.3) is 10.6 Å². The van der Waals surface area contributed by atoms with Crippen molar-refractivity contribution in [2.24, 2.45) is 0 Å². The van der Waals surface area contributed by atoms with Crippen LogP contribution < -0.4 is 0 Å². The number of hydrogen-bond acceptors (Lipinski definition) is 3. The summed E-state index contributed by atoms with van der Waals surface area (Å²) in [6.45, 7) is 4.16. The van der Waals surface area contributed by atoms with Gasteiger partial charge in [0.2, 0.25) is 0 Å². The molecule has 0 atom stereocenters. The van der Waals surface area contributed by atoms with Gasteiger partial charge in [-0.05, 0) is 25.0 Å². The lowest BCUT2D eigenvalue weighted by Crippen LogP contribution is -1.86. The molecule has 0 radical (unpaired) electrons. The summed E-state index contributed by atoms with van der Waals surface area (Å²) in [4.78, 5) is 5.54. The normalized spacial score (nSPS) is 10.7. The van der Waals surface area contributed by atoms with E-state index in [1.165, 1.54) is 5.56 Å². The maximum absolute atomic E-state index is 9.12. The first-order valence-corrected chi connectivity index (χ1v) is 6.22. The molecule has 1 N–H and O–H groups in total. The lowest BCUT2D eigenvalue weighted by atomic mass is 10.1. The van der Waals surface area contributed by atoms with Crippen molar-refractivity contribution in [3.8, 4) is 10.6 Å². The van der Waals surface area contributed by atoms with Crippen LogP contribution in [0.2, 0.25) is 0 Å². The standard InChI is InChI=1S/C13H15NOS/c1-3-10-5-4-6-11(7-10)13-14-12(8-15)9(2)16-13/h4-7,15H,3,8H2,1-2H3. The molecule has 0 aliphatic carbocycles. The number of rotatable bonds is 3. The van der Waals surface area contributed by atoms with Crippen LogP contribution >= 0.6 is 11.3 Å². The van der Waals surface area contributed by atoms with Gasteiger partial charge in [0.25, 0.3) is 0 Å². The highest BCUT2D eigenvalue weighted by molar-refractivity contribution is 7.15. The van der Waals surface area contributed by atoms with Gasteiger partial charge in [0, 0.05) is 10.4 Å². The molecule has 3 heteroatoms. The van der Waals surface area contributed by atoms with Crippen LogP contribution in [-0.4, -0.2) is 10.1 Å². The van der Waals surface area contributed by atoms with Gasteiger partial charge in [-0.3, -0.25) is 0 Å². The van der Waals surface area contributed by atoms with E-state index in [1.807, 2.05) is 6.92 Å². The number of aryl methyl sites for hydroxylation is 2. The molecule has 0 aliphatic rings. The molecule has 0 bridgehead atoms. The fraction of sp³-hybridized carbons (Fsp3) is 0.308. The number of aliphatic hydroxyl groups is 1. The summed E-state index contributed by atoms with van der Waals surface area (Å²) in [6.07, 6.45) is 1.03. The Hall–Kier alpha value is -1.19. The number of aromatic nitrogens is 1. The summed E-state index contributed by atoms with van der Waals surface area (Å²) < 4.78 is 0. The van der Waals surface area contributed by atoms with Crippen LogP contribution in [0, 0.1) is 6.92 Å². The van der Waals surface area contributed by atoms with Gasteiger partial charge in [0.1, 0.15) is 5.01 Å². The Labute approximate surface area is 99.6 Å². The number of nitrogens with zero attached hydrogens (tertiary/aromatic N) is 1. The van der Waals surface area contributed by atoms with E-state index < -0.39 is 0 Å². The Bertz CT molecular complexity index is 490. The molecule has 16 heavy (non-hydrogen) atoms. The summed E-state index contributed by atoms with van der Waals surface area (Å²) in [6, 6.07) is 8.42. The van der Waals surface area contributed by atoms with Crippen molar-refractivity contribution in [2.75, 3.05) is 0 Å². The van der Waals surface area contributed by atoms with Crippen LogP contribution in [0.4, 0.5) is 0 Å². The molecule has 0 saturated heterocycles. The molecule has 0 spiro atoms. The average Bonchev–Trinajstić information content (AvgIpc) is 2.71. The van der Waals surface area contributed by atoms with Crippen molar-refractivity contribution in [2.45, 2.75) is 26.9 Å². The maximum Gasteiger partial charge on any atom is 0.123 e. The highest BCUT2D eigenvalue weighted by atomic mass is 32.1. The van der Waals surface area contributed by atoms with E-state index in [-0.39, 0.29) is 6.61 Å². The van der Waals surface area contributed by atoms with Crippen LogP contribution in [0.1, 0.15) is 23.1 Å². The van der Waals surface area contributed by atoms with E-state index in [0.717, 1.165) is 27.6 Å². The van der Waals surface area contributed by atoms with Crippen LogP contribution in [0.5, 0.6) is 0 Å². The number of benzene rings is 1. The average molecular weight is 233 g/mol. The van der Waals surface area contributed by atoms with E-state index in [2.05, 4.69) is 36.2 Å². The van der Waals surface area contributed by atoms with Crippen molar-refractivity contribution in [3.63, 3.8) is 0 Å². The minimum Gasteiger partial charge on any atom is -0.390 e. The lowest BCUT2D eigenvalue weighted by molar-refractivity contribution is 0.277. The summed E-state index contributed by atoms with van der Waals surface area (Å²) in [5.41, 5.74) is 3.25. The SMILES string of the molecule is CCc1cccc(-c2nc(CO)c(C)s2)c1. The predicted molar refractivity (Wildman–Crippen MR) is 67.6 cm³/mol. The monoisotopic (exact) mass is 233 g/mol. The molecule has 2 rings (SSSR count). The fourth-order valence-electron chi connectivity index (χ4n) is 1.62. The third-order valence-corrected chi connectivity index (χ3v) is 3.69. The van der Waals surface area contributed by atoms with Gasteiger partial charge in [-0.25, -0.2) is 4.98 Å². The smallest absolute Gasteiger partial charge is 0.123 e. The van der Waals surface area contributed by atoms with Gasteiger partial charge >= 0.3 is 0 Å². The number of thiazole rings is 1. The van der Waals surface area contributed by atoms with E-state index in [4.69, 9.17) is 5.11 Å². The van der Waals surface area contributed by atoms with Gasteiger partial charge in [-0.2, -0.15) is 0 Å². The quantitative estimate of drug-likeness (QED) is 0.883. The Morgan fingerprint density at radius 1 is 1.38 bits per heavy atom. The Morgan fingerprint density at radius 2 is 2.19 bits per heavy atom. The van der Waals surface area contributed by atoms with Crippen molar-refractivity contribution >= 4 is 11.3 Å². The first-order valence-electron chi connectivity index (χ1n) is 5.41. The predicted octanol–water partition coefficient (Wildman–Crippen LogP) is 3.17. The second-order valence-corrected chi connectivity index (χ2v) is 4.94. The van der Waals surface area contributed by atoms with Gasteiger partial charge in [-0.15, -0.1) is 11.3 Å². The Kier molecular flexibility index (Phi) is 3.36.